The maximum atomic E-state index is 11.6. The molecule has 2 aliphatic rings. The molecule has 1 saturated carbocycles. The summed E-state index contributed by atoms with van der Waals surface area (Å²) < 4.78 is 11.4. The molecule has 1 aliphatic carbocycles. The molecule has 4 nitrogen and oxygen atoms in total. The second-order valence-electron chi connectivity index (χ2n) is 5.71. The van der Waals surface area contributed by atoms with Crippen molar-refractivity contribution in [2.24, 2.45) is 0 Å². The summed E-state index contributed by atoms with van der Waals surface area (Å²) in [5, 5.41) is 9.53. The highest BCUT2D eigenvalue weighted by molar-refractivity contribution is 7.99. The molecule has 0 spiro atoms. The van der Waals surface area contributed by atoms with Gasteiger partial charge in [0.05, 0.1) is 12.5 Å². The van der Waals surface area contributed by atoms with Crippen molar-refractivity contribution in [1.29, 1.82) is 0 Å². The molecule has 0 bridgehead atoms. The number of carbonyl (C=O) groups is 1. The van der Waals surface area contributed by atoms with Crippen molar-refractivity contribution in [3.63, 3.8) is 0 Å². The monoisotopic (exact) mass is 308 g/mol. The fraction of sp³-hybridized carbons (Fsp3) is 0.562. The molecule has 21 heavy (non-hydrogen) atoms. The number of hydrogen-bond donors (Lipinski definition) is 1. The zero-order chi connectivity index (χ0) is 14.9. The van der Waals surface area contributed by atoms with Gasteiger partial charge in [-0.2, -0.15) is 11.8 Å². The Bertz CT molecular complexity index is 533. The van der Waals surface area contributed by atoms with E-state index in [4.69, 9.17) is 9.47 Å². The molecule has 1 aromatic rings. The van der Waals surface area contributed by atoms with Crippen LogP contribution in [-0.4, -0.2) is 35.8 Å². The lowest BCUT2D eigenvalue weighted by atomic mass is 9.64. The number of carboxylic acid groups (broad SMARTS) is 1. The molecule has 2 fully saturated rings. The lowest BCUT2D eigenvalue weighted by molar-refractivity contribution is -0.147. The van der Waals surface area contributed by atoms with Gasteiger partial charge in [0.15, 0.2) is 11.5 Å². The predicted octanol–water partition coefficient (Wildman–Crippen LogP) is 3.09. The number of aliphatic carboxylic acids is 1. The standard InChI is InChI=1S/C16H20O4S/c1-19-14-9-11(16(15(17)18)6-2-7-16)3-4-13(14)20-12-5-8-21-10-12/h3-4,9,12H,2,5-8,10H2,1H3,(H,17,18). The van der Waals surface area contributed by atoms with Crippen LogP contribution in [0.25, 0.3) is 0 Å². The van der Waals surface area contributed by atoms with E-state index in [9.17, 15) is 9.90 Å². The Morgan fingerprint density at radius 2 is 2.19 bits per heavy atom. The third-order valence-electron chi connectivity index (χ3n) is 4.51. The number of thioether (sulfide) groups is 1. The third kappa shape index (κ3) is 2.59. The number of hydrogen-bond acceptors (Lipinski definition) is 4. The van der Waals surface area contributed by atoms with Crippen LogP contribution in [0.5, 0.6) is 11.5 Å². The third-order valence-corrected chi connectivity index (χ3v) is 5.65. The van der Waals surface area contributed by atoms with Crippen molar-refractivity contribution in [3.8, 4) is 11.5 Å². The molecule has 1 heterocycles. The topological polar surface area (TPSA) is 55.8 Å². The van der Waals surface area contributed by atoms with E-state index < -0.39 is 11.4 Å². The molecule has 1 unspecified atom stereocenters. The summed E-state index contributed by atoms with van der Waals surface area (Å²) in [5.74, 6) is 2.75. The van der Waals surface area contributed by atoms with Gasteiger partial charge in [-0.3, -0.25) is 4.79 Å². The lowest BCUT2D eigenvalue weighted by Crippen LogP contribution is -2.42. The van der Waals surface area contributed by atoms with Crippen LogP contribution in [0, 0.1) is 0 Å². The van der Waals surface area contributed by atoms with Gasteiger partial charge in [0.25, 0.3) is 0 Å². The Balaban J connectivity index is 1.86. The van der Waals surface area contributed by atoms with Gasteiger partial charge in [0, 0.05) is 5.75 Å². The second kappa shape index (κ2) is 5.79. The first-order chi connectivity index (χ1) is 10.2. The summed E-state index contributed by atoms with van der Waals surface area (Å²) in [4.78, 5) is 11.6. The van der Waals surface area contributed by atoms with E-state index in [-0.39, 0.29) is 6.10 Å². The van der Waals surface area contributed by atoms with Crippen molar-refractivity contribution in [2.45, 2.75) is 37.2 Å². The first-order valence-electron chi connectivity index (χ1n) is 7.32. The normalized spacial score (nSPS) is 23.4. The van der Waals surface area contributed by atoms with Gasteiger partial charge in [0.2, 0.25) is 0 Å². The minimum atomic E-state index is -0.739. The van der Waals surface area contributed by atoms with Crippen molar-refractivity contribution in [2.75, 3.05) is 18.6 Å². The zero-order valence-electron chi connectivity index (χ0n) is 12.1. The smallest absolute Gasteiger partial charge is 0.314 e. The summed E-state index contributed by atoms with van der Waals surface area (Å²) >= 11 is 1.90. The lowest BCUT2D eigenvalue weighted by Gasteiger charge is -2.38. The van der Waals surface area contributed by atoms with Crippen molar-refractivity contribution in [3.05, 3.63) is 23.8 Å². The molecule has 3 rings (SSSR count). The summed E-state index contributed by atoms with van der Waals surface area (Å²) in [5.41, 5.74) is 0.0981. The Morgan fingerprint density at radius 1 is 1.38 bits per heavy atom. The van der Waals surface area contributed by atoms with Crippen LogP contribution >= 0.6 is 11.8 Å². The van der Waals surface area contributed by atoms with Gasteiger partial charge in [-0.25, -0.2) is 0 Å². The van der Waals surface area contributed by atoms with Crippen molar-refractivity contribution in [1.82, 2.24) is 0 Å². The molecule has 0 aromatic heterocycles. The van der Waals surface area contributed by atoms with E-state index in [1.165, 1.54) is 0 Å². The molecule has 0 radical (unpaired) electrons. The van der Waals surface area contributed by atoms with Crippen LogP contribution in [0.2, 0.25) is 0 Å². The molecule has 1 N–H and O–H groups in total. The summed E-state index contributed by atoms with van der Waals surface area (Å²) in [7, 11) is 1.60. The maximum Gasteiger partial charge on any atom is 0.314 e. The number of carboxylic acids is 1. The SMILES string of the molecule is COc1cc(C2(C(=O)O)CCC2)ccc1OC1CCSC1. The Hall–Kier alpha value is -1.36. The molecule has 5 heteroatoms. The Morgan fingerprint density at radius 3 is 2.71 bits per heavy atom. The first-order valence-corrected chi connectivity index (χ1v) is 8.47. The number of ether oxygens (including phenoxy) is 2. The Labute approximate surface area is 128 Å². The van der Waals surface area contributed by atoms with Gasteiger partial charge in [0.1, 0.15) is 6.10 Å². The van der Waals surface area contributed by atoms with Crippen LogP contribution in [0.4, 0.5) is 0 Å². The van der Waals surface area contributed by atoms with Crippen LogP contribution < -0.4 is 9.47 Å². The van der Waals surface area contributed by atoms with Crippen molar-refractivity contribution >= 4 is 17.7 Å². The van der Waals surface area contributed by atoms with E-state index in [1.807, 2.05) is 30.0 Å². The number of methoxy groups -OCH3 is 1. The molecule has 0 amide bonds. The molecule has 1 saturated heterocycles. The highest BCUT2D eigenvalue weighted by atomic mass is 32.2. The van der Waals surface area contributed by atoms with E-state index in [0.717, 1.165) is 29.9 Å². The summed E-state index contributed by atoms with van der Waals surface area (Å²) in [6.07, 6.45) is 3.64. The summed E-state index contributed by atoms with van der Waals surface area (Å²) in [6.45, 7) is 0. The van der Waals surface area contributed by atoms with E-state index in [2.05, 4.69) is 0 Å². The first kappa shape index (κ1) is 14.6. The van der Waals surface area contributed by atoms with Gasteiger partial charge in [-0.1, -0.05) is 12.5 Å². The van der Waals surface area contributed by atoms with Gasteiger partial charge in [-0.05, 0) is 42.7 Å². The summed E-state index contributed by atoms with van der Waals surface area (Å²) in [6, 6.07) is 5.58. The highest BCUT2D eigenvalue weighted by Crippen LogP contribution is 2.46. The molecule has 1 aromatic carbocycles. The molecule has 114 valence electrons. The Kier molecular flexibility index (Phi) is 4.02. The maximum absolute atomic E-state index is 11.6. The van der Waals surface area contributed by atoms with Crippen LogP contribution in [0.3, 0.4) is 0 Å². The van der Waals surface area contributed by atoms with E-state index in [1.54, 1.807) is 7.11 Å². The number of benzene rings is 1. The van der Waals surface area contributed by atoms with Gasteiger partial charge < -0.3 is 14.6 Å². The largest absolute Gasteiger partial charge is 0.493 e. The second-order valence-corrected chi connectivity index (χ2v) is 6.86. The average Bonchev–Trinajstić information content (AvgIpc) is 2.91. The molecular formula is C16H20O4S. The van der Waals surface area contributed by atoms with Crippen LogP contribution in [0.1, 0.15) is 31.2 Å². The fourth-order valence-corrected chi connectivity index (χ4v) is 4.10. The van der Waals surface area contributed by atoms with Crippen LogP contribution in [-0.2, 0) is 10.2 Å². The van der Waals surface area contributed by atoms with Gasteiger partial charge >= 0.3 is 5.97 Å². The molecule has 1 atom stereocenters. The minimum absolute atomic E-state index is 0.229. The average molecular weight is 308 g/mol. The fourth-order valence-electron chi connectivity index (χ4n) is 3.00. The zero-order valence-corrected chi connectivity index (χ0v) is 12.9. The minimum Gasteiger partial charge on any atom is -0.493 e. The highest BCUT2D eigenvalue weighted by Gasteiger charge is 2.46. The van der Waals surface area contributed by atoms with E-state index in [0.29, 0.717) is 24.3 Å². The van der Waals surface area contributed by atoms with Crippen LogP contribution in [0.15, 0.2) is 18.2 Å². The quantitative estimate of drug-likeness (QED) is 0.906. The van der Waals surface area contributed by atoms with E-state index >= 15 is 0 Å². The molecular weight excluding hydrogens is 288 g/mol. The molecule has 1 aliphatic heterocycles. The van der Waals surface area contributed by atoms with Crippen molar-refractivity contribution < 1.29 is 19.4 Å². The van der Waals surface area contributed by atoms with Gasteiger partial charge in [-0.15, -0.1) is 0 Å². The predicted molar refractivity (Wildman–Crippen MR) is 82.5 cm³/mol. The number of rotatable bonds is 5.